The Morgan fingerprint density at radius 1 is 1.46 bits per heavy atom. The minimum Gasteiger partial charge on any atom is -0.301 e. The fourth-order valence-electron chi connectivity index (χ4n) is 2.17. The largest absolute Gasteiger partial charge is 0.301 e. The molecular weight excluding hydrogens is 158 g/mol. The van der Waals surface area contributed by atoms with Crippen molar-refractivity contribution in [1.82, 2.24) is 5.32 Å². The van der Waals surface area contributed by atoms with Crippen molar-refractivity contribution in [3.05, 3.63) is 0 Å². The van der Waals surface area contributed by atoms with E-state index in [1.807, 2.05) is 0 Å². The molecule has 1 aliphatic carbocycles. The van der Waals surface area contributed by atoms with Crippen molar-refractivity contribution in [1.29, 1.82) is 0 Å². The maximum Gasteiger partial charge on any atom is 0.0686 e. The zero-order valence-corrected chi connectivity index (χ0v) is 8.84. The van der Waals surface area contributed by atoms with Crippen LogP contribution in [0.4, 0.5) is 0 Å². The van der Waals surface area contributed by atoms with Crippen LogP contribution in [-0.2, 0) is 0 Å². The van der Waals surface area contributed by atoms with Crippen LogP contribution in [0.5, 0.6) is 0 Å². The lowest BCUT2D eigenvalue weighted by atomic mass is 10.1. The minimum absolute atomic E-state index is 0.292. The molecule has 0 bridgehead atoms. The molecular formula is C12H21N. The van der Waals surface area contributed by atoms with Crippen LogP contribution in [0, 0.1) is 18.3 Å². The molecule has 0 heterocycles. The second kappa shape index (κ2) is 5.29. The summed E-state index contributed by atoms with van der Waals surface area (Å²) < 4.78 is 0. The molecule has 1 fully saturated rings. The Morgan fingerprint density at radius 2 is 2.23 bits per heavy atom. The third-order valence-electron chi connectivity index (χ3n) is 3.16. The molecule has 13 heavy (non-hydrogen) atoms. The predicted molar refractivity (Wildman–Crippen MR) is 57.5 cm³/mol. The molecule has 74 valence electrons. The van der Waals surface area contributed by atoms with Gasteiger partial charge in [0.05, 0.1) is 6.04 Å². The quantitative estimate of drug-likeness (QED) is 0.654. The lowest BCUT2D eigenvalue weighted by molar-refractivity contribution is 0.449. The fourth-order valence-corrected chi connectivity index (χ4v) is 2.17. The van der Waals surface area contributed by atoms with Gasteiger partial charge in [0.2, 0.25) is 0 Å². The van der Waals surface area contributed by atoms with Crippen LogP contribution in [-0.4, -0.2) is 12.1 Å². The van der Waals surface area contributed by atoms with Crippen LogP contribution >= 0.6 is 0 Å². The van der Waals surface area contributed by atoms with Gasteiger partial charge in [0.15, 0.2) is 0 Å². The van der Waals surface area contributed by atoms with Crippen LogP contribution in [0.3, 0.4) is 0 Å². The molecule has 0 aliphatic heterocycles. The van der Waals surface area contributed by atoms with Gasteiger partial charge in [-0.25, -0.2) is 0 Å². The van der Waals surface area contributed by atoms with E-state index in [0.717, 1.165) is 12.3 Å². The monoisotopic (exact) mass is 179 g/mol. The van der Waals surface area contributed by atoms with Crippen molar-refractivity contribution in [2.75, 3.05) is 0 Å². The Hall–Kier alpha value is -0.480. The third-order valence-corrected chi connectivity index (χ3v) is 3.16. The van der Waals surface area contributed by atoms with E-state index in [4.69, 9.17) is 6.42 Å². The summed E-state index contributed by atoms with van der Waals surface area (Å²) in [7, 11) is 0. The first-order valence-corrected chi connectivity index (χ1v) is 5.52. The number of hydrogen-bond donors (Lipinski definition) is 1. The molecule has 0 aromatic heterocycles. The van der Waals surface area contributed by atoms with Gasteiger partial charge in [-0.1, -0.05) is 26.2 Å². The van der Waals surface area contributed by atoms with Crippen molar-refractivity contribution >= 4 is 0 Å². The molecule has 1 rings (SSSR count). The van der Waals surface area contributed by atoms with E-state index in [9.17, 15) is 0 Å². The Labute approximate surface area is 82.3 Å². The standard InChI is InChI=1S/C12H21N/c1-4-10-7-8-12(9-10)13-11(5-2)6-3/h2,10-13H,4,6-9H2,1,3H3. The van der Waals surface area contributed by atoms with E-state index in [2.05, 4.69) is 25.1 Å². The summed E-state index contributed by atoms with van der Waals surface area (Å²) in [5.41, 5.74) is 0. The highest BCUT2D eigenvalue weighted by Gasteiger charge is 2.23. The van der Waals surface area contributed by atoms with E-state index < -0.39 is 0 Å². The molecule has 1 heteroatoms. The SMILES string of the molecule is C#CC(CC)NC1CCC(CC)C1. The van der Waals surface area contributed by atoms with E-state index in [1.165, 1.54) is 25.7 Å². The van der Waals surface area contributed by atoms with Crippen molar-refractivity contribution in [3.63, 3.8) is 0 Å². The van der Waals surface area contributed by atoms with Crippen molar-refractivity contribution in [3.8, 4) is 12.3 Å². The number of rotatable bonds is 4. The van der Waals surface area contributed by atoms with Gasteiger partial charge < -0.3 is 5.32 Å². The molecule has 1 nitrogen and oxygen atoms in total. The summed E-state index contributed by atoms with van der Waals surface area (Å²) in [6.45, 7) is 4.43. The van der Waals surface area contributed by atoms with Gasteiger partial charge in [0.1, 0.15) is 0 Å². The Kier molecular flexibility index (Phi) is 4.32. The molecule has 0 aromatic rings. The van der Waals surface area contributed by atoms with E-state index in [0.29, 0.717) is 12.1 Å². The van der Waals surface area contributed by atoms with Gasteiger partial charge in [0.25, 0.3) is 0 Å². The third kappa shape index (κ3) is 3.04. The molecule has 3 atom stereocenters. The van der Waals surface area contributed by atoms with E-state index in [-0.39, 0.29) is 0 Å². The Balaban J connectivity index is 2.27. The average molecular weight is 179 g/mol. The lowest BCUT2D eigenvalue weighted by Gasteiger charge is -2.17. The second-order valence-corrected chi connectivity index (χ2v) is 4.08. The highest BCUT2D eigenvalue weighted by Crippen LogP contribution is 2.28. The van der Waals surface area contributed by atoms with Gasteiger partial charge >= 0.3 is 0 Å². The van der Waals surface area contributed by atoms with Gasteiger partial charge in [-0.3, -0.25) is 0 Å². The van der Waals surface area contributed by atoms with Crippen LogP contribution < -0.4 is 5.32 Å². The predicted octanol–water partition coefficient (Wildman–Crippen LogP) is 2.57. The molecule has 0 aromatic carbocycles. The zero-order valence-electron chi connectivity index (χ0n) is 8.84. The summed E-state index contributed by atoms with van der Waals surface area (Å²) in [5.74, 6) is 3.74. The van der Waals surface area contributed by atoms with Crippen molar-refractivity contribution in [2.45, 2.75) is 58.0 Å². The average Bonchev–Trinajstić information content (AvgIpc) is 2.61. The molecule has 1 aliphatic rings. The number of terminal acetylenes is 1. The van der Waals surface area contributed by atoms with E-state index >= 15 is 0 Å². The molecule has 1 N–H and O–H groups in total. The van der Waals surface area contributed by atoms with Crippen LogP contribution in [0.1, 0.15) is 46.0 Å². The summed E-state index contributed by atoms with van der Waals surface area (Å²) in [5, 5.41) is 3.54. The first-order chi connectivity index (χ1) is 6.30. The first kappa shape index (κ1) is 10.6. The molecule has 1 saturated carbocycles. The van der Waals surface area contributed by atoms with Crippen LogP contribution in [0.2, 0.25) is 0 Å². The van der Waals surface area contributed by atoms with E-state index in [1.54, 1.807) is 0 Å². The summed E-state index contributed by atoms with van der Waals surface area (Å²) in [6.07, 6.45) is 11.8. The van der Waals surface area contributed by atoms with Crippen LogP contribution in [0.25, 0.3) is 0 Å². The summed E-state index contributed by atoms with van der Waals surface area (Å²) in [6, 6.07) is 0.978. The van der Waals surface area contributed by atoms with Crippen LogP contribution in [0.15, 0.2) is 0 Å². The number of hydrogen-bond acceptors (Lipinski definition) is 1. The minimum atomic E-state index is 0.292. The highest BCUT2D eigenvalue weighted by molar-refractivity contribution is 5.00. The van der Waals surface area contributed by atoms with Gasteiger partial charge in [-0.15, -0.1) is 6.42 Å². The van der Waals surface area contributed by atoms with Crippen molar-refractivity contribution < 1.29 is 0 Å². The van der Waals surface area contributed by atoms with Gasteiger partial charge in [0, 0.05) is 6.04 Å². The van der Waals surface area contributed by atoms with Gasteiger partial charge in [-0.2, -0.15) is 0 Å². The summed E-state index contributed by atoms with van der Waals surface area (Å²) >= 11 is 0. The molecule has 0 radical (unpaired) electrons. The molecule has 0 saturated heterocycles. The van der Waals surface area contributed by atoms with Crippen molar-refractivity contribution in [2.24, 2.45) is 5.92 Å². The molecule has 0 amide bonds. The summed E-state index contributed by atoms with van der Waals surface area (Å²) in [4.78, 5) is 0. The number of nitrogens with one attached hydrogen (secondary N) is 1. The normalized spacial score (nSPS) is 29.9. The Bertz CT molecular complexity index is 180. The topological polar surface area (TPSA) is 12.0 Å². The lowest BCUT2D eigenvalue weighted by Crippen LogP contribution is -2.35. The second-order valence-electron chi connectivity index (χ2n) is 4.08. The Morgan fingerprint density at radius 3 is 2.69 bits per heavy atom. The van der Waals surface area contributed by atoms with Gasteiger partial charge in [-0.05, 0) is 31.6 Å². The molecule has 3 unspecified atom stereocenters. The molecule has 0 spiro atoms. The first-order valence-electron chi connectivity index (χ1n) is 5.52. The maximum atomic E-state index is 5.42. The maximum absolute atomic E-state index is 5.42. The smallest absolute Gasteiger partial charge is 0.0686 e. The zero-order chi connectivity index (χ0) is 9.68. The highest BCUT2D eigenvalue weighted by atomic mass is 14.9. The fraction of sp³-hybridized carbons (Fsp3) is 0.833.